The van der Waals surface area contributed by atoms with Gasteiger partial charge in [0.05, 0.1) is 13.3 Å². The molecule has 0 heterocycles. The summed E-state index contributed by atoms with van der Waals surface area (Å²) in [5.74, 6) is 1.17. The minimum atomic E-state index is -0.747. The lowest BCUT2D eigenvalue weighted by Gasteiger charge is -2.19. The molecule has 0 unspecified atom stereocenters. The first-order chi connectivity index (χ1) is 18.4. The van der Waals surface area contributed by atoms with Gasteiger partial charge in [0, 0.05) is 0 Å². The van der Waals surface area contributed by atoms with Crippen LogP contribution in [0, 0.1) is 12.8 Å². The van der Waals surface area contributed by atoms with E-state index in [1.807, 2.05) is 75.4 Å². The van der Waals surface area contributed by atoms with Crippen molar-refractivity contribution >= 4 is 18.0 Å². The summed E-state index contributed by atoms with van der Waals surface area (Å²) < 4.78 is 16.9. The number of aryl methyl sites for hydroxylation is 1. The molecular weight excluding hydrogens is 482 g/mol. The molecule has 0 saturated heterocycles. The zero-order chi connectivity index (χ0) is 27.3. The van der Waals surface area contributed by atoms with Crippen molar-refractivity contribution in [3.8, 4) is 17.2 Å². The van der Waals surface area contributed by atoms with Crippen molar-refractivity contribution < 1.29 is 23.8 Å². The molecule has 0 bridgehead atoms. The summed E-state index contributed by atoms with van der Waals surface area (Å²) in [5.41, 5.74) is 5.22. The third-order valence-electron chi connectivity index (χ3n) is 5.62. The third-order valence-corrected chi connectivity index (χ3v) is 5.62. The Labute approximate surface area is 224 Å². The lowest BCUT2D eigenvalue weighted by molar-refractivity contribution is -0.130. The molecule has 0 aromatic heterocycles. The predicted octanol–water partition coefficient (Wildman–Crippen LogP) is 4.64. The van der Waals surface area contributed by atoms with E-state index in [0.29, 0.717) is 35.8 Å². The quantitative estimate of drug-likeness (QED) is 0.254. The lowest BCUT2D eigenvalue weighted by atomic mass is 10.0. The molecule has 8 heteroatoms. The highest BCUT2D eigenvalue weighted by atomic mass is 16.5. The number of rotatable bonds is 13. The number of carbonyl (C=O) groups is 2. The Morgan fingerprint density at radius 3 is 2.37 bits per heavy atom. The largest absolute Gasteiger partial charge is 0.493 e. The van der Waals surface area contributed by atoms with Crippen LogP contribution in [0.25, 0.3) is 0 Å². The minimum Gasteiger partial charge on any atom is -0.493 e. The van der Waals surface area contributed by atoms with E-state index in [-0.39, 0.29) is 18.4 Å². The molecule has 0 radical (unpaired) electrons. The summed E-state index contributed by atoms with van der Waals surface area (Å²) in [6, 6.07) is 21.9. The second-order valence-corrected chi connectivity index (χ2v) is 9.22. The molecule has 0 aliphatic carbocycles. The second kappa shape index (κ2) is 14.4. The van der Waals surface area contributed by atoms with Gasteiger partial charge in [0.2, 0.25) is 0 Å². The topological polar surface area (TPSA) is 98.2 Å². The molecule has 8 nitrogen and oxygen atoms in total. The maximum atomic E-state index is 12.8. The fraction of sp³-hybridized carbons (Fsp3) is 0.300. The van der Waals surface area contributed by atoms with Crippen LogP contribution in [0.2, 0.25) is 0 Å². The van der Waals surface area contributed by atoms with Gasteiger partial charge in [0.1, 0.15) is 18.4 Å². The summed E-state index contributed by atoms with van der Waals surface area (Å²) in [4.78, 5) is 25.3. The van der Waals surface area contributed by atoms with Crippen LogP contribution in [0.3, 0.4) is 0 Å². The van der Waals surface area contributed by atoms with E-state index < -0.39 is 11.9 Å². The number of hydrogen-bond acceptors (Lipinski definition) is 6. The molecular formula is C30H35N3O5. The van der Waals surface area contributed by atoms with Gasteiger partial charge in [0.15, 0.2) is 18.1 Å². The highest BCUT2D eigenvalue weighted by Gasteiger charge is 2.22. The average molecular weight is 518 g/mol. The number of ether oxygens (including phenoxy) is 3. The molecule has 3 aromatic carbocycles. The number of para-hydroxylation sites is 1. The zero-order valence-electron chi connectivity index (χ0n) is 22.3. The number of benzene rings is 3. The van der Waals surface area contributed by atoms with E-state index in [2.05, 4.69) is 15.8 Å². The number of methoxy groups -OCH3 is 1. The fourth-order valence-corrected chi connectivity index (χ4v) is 3.67. The van der Waals surface area contributed by atoms with Crippen LogP contribution < -0.4 is 25.0 Å². The SMILES string of the molecule is COc1cc(/C=N\NC(=O)[C@H](CC(C)C)NC(=O)COc2ccccc2C)ccc1OCc1ccccc1. The van der Waals surface area contributed by atoms with Gasteiger partial charge in [-0.25, -0.2) is 5.43 Å². The number of amides is 2. The highest BCUT2D eigenvalue weighted by Crippen LogP contribution is 2.28. The maximum absolute atomic E-state index is 12.8. The summed E-state index contributed by atoms with van der Waals surface area (Å²) in [7, 11) is 1.56. The van der Waals surface area contributed by atoms with Gasteiger partial charge in [-0.05, 0) is 60.2 Å². The molecule has 2 amide bonds. The molecule has 0 saturated carbocycles. The van der Waals surface area contributed by atoms with Crippen LogP contribution in [0.5, 0.6) is 17.2 Å². The van der Waals surface area contributed by atoms with E-state index in [4.69, 9.17) is 14.2 Å². The van der Waals surface area contributed by atoms with Gasteiger partial charge in [-0.15, -0.1) is 0 Å². The van der Waals surface area contributed by atoms with Gasteiger partial charge in [-0.2, -0.15) is 5.10 Å². The van der Waals surface area contributed by atoms with E-state index in [0.717, 1.165) is 11.1 Å². The van der Waals surface area contributed by atoms with Crippen LogP contribution >= 0.6 is 0 Å². The third kappa shape index (κ3) is 8.96. The highest BCUT2D eigenvalue weighted by molar-refractivity contribution is 5.89. The normalized spacial score (nSPS) is 11.7. The molecule has 38 heavy (non-hydrogen) atoms. The molecule has 0 aliphatic rings. The fourth-order valence-electron chi connectivity index (χ4n) is 3.67. The molecule has 2 N–H and O–H groups in total. The Bertz CT molecular complexity index is 1230. The lowest BCUT2D eigenvalue weighted by Crippen LogP contribution is -2.47. The summed E-state index contributed by atoms with van der Waals surface area (Å²) in [6.07, 6.45) is 1.97. The Morgan fingerprint density at radius 2 is 1.66 bits per heavy atom. The Kier molecular flexibility index (Phi) is 10.7. The van der Waals surface area contributed by atoms with Gasteiger partial charge in [-0.1, -0.05) is 62.4 Å². The maximum Gasteiger partial charge on any atom is 0.262 e. The number of hydrazone groups is 1. The van der Waals surface area contributed by atoms with Crippen LogP contribution in [-0.2, 0) is 16.2 Å². The van der Waals surface area contributed by atoms with Crippen molar-refractivity contribution in [3.63, 3.8) is 0 Å². The van der Waals surface area contributed by atoms with E-state index >= 15 is 0 Å². The van der Waals surface area contributed by atoms with Crippen LogP contribution in [0.15, 0.2) is 77.9 Å². The van der Waals surface area contributed by atoms with Crippen molar-refractivity contribution in [2.75, 3.05) is 13.7 Å². The van der Waals surface area contributed by atoms with Crippen LogP contribution in [0.4, 0.5) is 0 Å². The molecule has 1 atom stereocenters. The van der Waals surface area contributed by atoms with E-state index in [9.17, 15) is 9.59 Å². The molecule has 200 valence electrons. The van der Waals surface area contributed by atoms with E-state index in [1.54, 1.807) is 25.3 Å². The first-order valence-electron chi connectivity index (χ1n) is 12.5. The predicted molar refractivity (Wildman–Crippen MR) is 148 cm³/mol. The molecule has 3 aromatic rings. The number of hydrogen-bond donors (Lipinski definition) is 2. The molecule has 3 rings (SSSR count). The van der Waals surface area contributed by atoms with Crippen LogP contribution in [-0.4, -0.2) is 37.8 Å². The Hall–Kier alpha value is -4.33. The van der Waals surface area contributed by atoms with Gasteiger partial charge >= 0.3 is 0 Å². The Balaban J connectivity index is 1.56. The van der Waals surface area contributed by atoms with E-state index in [1.165, 1.54) is 6.21 Å². The summed E-state index contributed by atoms with van der Waals surface area (Å²) in [6.45, 7) is 6.09. The van der Waals surface area contributed by atoms with Gasteiger partial charge in [-0.3, -0.25) is 9.59 Å². The second-order valence-electron chi connectivity index (χ2n) is 9.22. The number of nitrogens with zero attached hydrogens (tertiary/aromatic N) is 1. The first-order valence-corrected chi connectivity index (χ1v) is 12.5. The van der Waals surface area contributed by atoms with Gasteiger partial charge < -0.3 is 19.5 Å². The standard InChI is InChI=1S/C30H35N3O5/c1-21(2)16-25(32-29(34)20-38-26-13-9-8-10-22(26)3)30(35)33-31-18-24-14-15-27(28(17-24)36-4)37-19-23-11-6-5-7-12-23/h5-15,17-18,21,25H,16,19-20H2,1-4H3,(H,32,34)(H,33,35)/b31-18-/t25-/m0/s1. The number of nitrogens with one attached hydrogen (secondary N) is 2. The van der Waals surface area contributed by atoms with Crippen molar-refractivity contribution in [1.82, 2.24) is 10.7 Å². The monoisotopic (exact) mass is 517 g/mol. The smallest absolute Gasteiger partial charge is 0.262 e. The molecule has 0 fully saturated rings. The van der Waals surface area contributed by atoms with Crippen LogP contribution in [0.1, 0.15) is 37.0 Å². The van der Waals surface area contributed by atoms with Crippen molar-refractivity contribution in [1.29, 1.82) is 0 Å². The minimum absolute atomic E-state index is 0.181. The summed E-state index contributed by atoms with van der Waals surface area (Å²) in [5, 5.41) is 6.83. The van der Waals surface area contributed by atoms with Gasteiger partial charge in [0.25, 0.3) is 11.8 Å². The summed E-state index contributed by atoms with van der Waals surface area (Å²) >= 11 is 0. The van der Waals surface area contributed by atoms with Crippen molar-refractivity contribution in [3.05, 3.63) is 89.5 Å². The van der Waals surface area contributed by atoms with Crippen molar-refractivity contribution in [2.45, 2.75) is 39.8 Å². The van der Waals surface area contributed by atoms with Crippen molar-refractivity contribution in [2.24, 2.45) is 11.0 Å². The Morgan fingerprint density at radius 1 is 0.921 bits per heavy atom. The zero-order valence-corrected chi connectivity index (χ0v) is 22.3. The average Bonchev–Trinajstić information content (AvgIpc) is 2.91. The number of carbonyl (C=O) groups excluding carboxylic acids is 2. The first kappa shape index (κ1) is 28.2. The molecule has 0 aliphatic heterocycles. The molecule has 0 spiro atoms.